The molecule has 0 aliphatic rings. The minimum atomic E-state index is -0.538. The predicted molar refractivity (Wildman–Crippen MR) is 124 cm³/mol. The highest BCUT2D eigenvalue weighted by atomic mass is 79.9. The number of nitrogens with zero attached hydrogens (tertiary/aromatic N) is 1. The molecule has 172 valence electrons. The number of amides is 1. The fourth-order valence-corrected chi connectivity index (χ4v) is 4.00. The fraction of sp³-hybridized carbons (Fsp3) is 0.364. The van der Waals surface area contributed by atoms with Crippen LogP contribution in [0, 0.1) is 0 Å². The van der Waals surface area contributed by atoms with E-state index in [4.69, 9.17) is 14.2 Å². The number of hydrogen-bond donors (Lipinski definition) is 1. The molecule has 0 saturated heterocycles. The van der Waals surface area contributed by atoms with Crippen molar-refractivity contribution in [3.05, 3.63) is 56.7 Å². The van der Waals surface area contributed by atoms with Crippen molar-refractivity contribution in [1.82, 2.24) is 10.3 Å². The van der Waals surface area contributed by atoms with Crippen LogP contribution in [0.2, 0.25) is 0 Å². The smallest absolute Gasteiger partial charge is 0.344 e. The van der Waals surface area contributed by atoms with Gasteiger partial charge in [-0.3, -0.25) is 9.59 Å². The van der Waals surface area contributed by atoms with E-state index in [0.29, 0.717) is 29.1 Å². The summed E-state index contributed by atoms with van der Waals surface area (Å²) in [5, 5.41) is 2.80. The highest BCUT2D eigenvalue weighted by Crippen LogP contribution is 2.17. The van der Waals surface area contributed by atoms with Crippen LogP contribution in [0.4, 0.5) is 0 Å². The Labute approximate surface area is 203 Å². The number of halogens is 2. The van der Waals surface area contributed by atoms with Gasteiger partial charge in [0, 0.05) is 10.5 Å². The standard InChI is InChI=1S/C22H24Br2N2O6/c1-3-30-22(29)13-31-18-6-4-15(5-7-18)8-14(2)25-20(27)12-32-21(28)11-17-9-16(23)10-19(24)26-17/h4-7,9-10,14H,3,8,11-13H2,1-2H3,(H,25,27). The lowest BCUT2D eigenvalue weighted by molar-refractivity contribution is -0.148. The van der Waals surface area contributed by atoms with Gasteiger partial charge in [0.15, 0.2) is 13.2 Å². The minimum Gasteiger partial charge on any atom is -0.482 e. The van der Waals surface area contributed by atoms with Crippen LogP contribution in [-0.4, -0.2) is 48.7 Å². The van der Waals surface area contributed by atoms with Crippen molar-refractivity contribution in [2.75, 3.05) is 19.8 Å². The topological polar surface area (TPSA) is 104 Å². The number of aromatic nitrogens is 1. The summed E-state index contributed by atoms with van der Waals surface area (Å²) in [5.74, 6) is -0.793. The number of nitrogens with one attached hydrogen (secondary N) is 1. The molecule has 1 amide bonds. The van der Waals surface area contributed by atoms with E-state index in [1.54, 1.807) is 31.2 Å². The molecule has 2 aromatic rings. The van der Waals surface area contributed by atoms with Crippen LogP contribution in [-0.2, 0) is 36.7 Å². The summed E-state index contributed by atoms with van der Waals surface area (Å²) in [5.41, 5.74) is 1.50. The van der Waals surface area contributed by atoms with E-state index in [1.165, 1.54) is 0 Å². The van der Waals surface area contributed by atoms with E-state index in [1.807, 2.05) is 19.1 Å². The molecule has 0 bridgehead atoms. The van der Waals surface area contributed by atoms with Gasteiger partial charge in [-0.25, -0.2) is 9.78 Å². The van der Waals surface area contributed by atoms with E-state index >= 15 is 0 Å². The SMILES string of the molecule is CCOC(=O)COc1ccc(CC(C)NC(=O)COC(=O)Cc2cc(Br)cc(Br)n2)cc1. The third kappa shape index (κ3) is 9.78. The number of rotatable bonds is 11. The molecule has 0 saturated carbocycles. The molecular weight excluding hydrogens is 548 g/mol. The zero-order chi connectivity index (χ0) is 23.5. The number of pyridine rings is 1. The molecule has 0 radical (unpaired) electrons. The van der Waals surface area contributed by atoms with Crippen molar-refractivity contribution >= 4 is 49.7 Å². The Bertz CT molecular complexity index is 916. The van der Waals surface area contributed by atoms with Crippen molar-refractivity contribution in [3.63, 3.8) is 0 Å². The first-order valence-electron chi connectivity index (χ1n) is 9.89. The van der Waals surface area contributed by atoms with Crippen LogP contribution in [0.25, 0.3) is 0 Å². The molecule has 1 unspecified atom stereocenters. The van der Waals surface area contributed by atoms with Gasteiger partial charge in [0.2, 0.25) is 0 Å². The molecule has 8 nitrogen and oxygen atoms in total. The van der Waals surface area contributed by atoms with E-state index in [9.17, 15) is 14.4 Å². The highest BCUT2D eigenvalue weighted by Gasteiger charge is 2.13. The normalized spacial score (nSPS) is 11.4. The van der Waals surface area contributed by atoms with Crippen molar-refractivity contribution in [2.45, 2.75) is 32.7 Å². The second kappa shape index (κ2) is 13.2. The molecular formula is C22H24Br2N2O6. The van der Waals surface area contributed by atoms with E-state index < -0.39 is 11.9 Å². The molecule has 0 fully saturated rings. The van der Waals surface area contributed by atoms with Crippen molar-refractivity contribution in [2.24, 2.45) is 0 Å². The number of carbonyl (C=O) groups is 3. The molecule has 0 aliphatic carbocycles. The van der Waals surface area contributed by atoms with Crippen LogP contribution in [0.15, 0.2) is 45.5 Å². The molecule has 1 heterocycles. The zero-order valence-electron chi connectivity index (χ0n) is 17.7. The lowest BCUT2D eigenvalue weighted by atomic mass is 10.1. The zero-order valence-corrected chi connectivity index (χ0v) is 20.9. The van der Waals surface area contributed by atoms with Crippen molar-refractivity contribution < 1.29 is 28.6 Å². The molecule has 1 aromatic heterocycles. The predicted octanol–water partition coefficient (Wildman–Crippen LogP) is 3.38. The largest absolute Gasteiger partial charge is 0.482 e. The first kappa shape index (κ1) is 25.8. The number of carbonyl (C=O) groups excluding carboxylic acids is 3. The quantitative estimate of drug-likeness (QED) is 0.326. The van der Waals surface area contributed by atoms with E-state index in [0.717, 1.165) is 10.0 Å². The Morgan fingerprint density at radius 1 is 1.03 bits per heavy atom. The second-order valence-electron chi connectivity index (χ2n) is 6.85. The maximum absolute atomic E-state index is 12.1. The monoisotopic (exact) mass is 570 g/mol. The number of benzene rings is 1. The summed E-state index contributed by atoms with van der Waals surface area (Å²) >= 11 is 6.59. The molecule has 1 aromatic carbocycles. The molecule has 10 heteroatoms. The Hall–Kier alpha value is -2.46. The average Bonchev–Trinajstić information content (AvgIpc) is 2.71. The van der Waals surface area contributed by atoms with Gasteiger partial charge in [-0.15, -0.1) is 0 Å². The van der Waals surface area contributed by atoms with Gasteiger partial charge >= 0.3 is 11.9 Å². The molecule has 1 N–H and O–H groups in total. The van der Waals surface area contributed by atoms with Gasteiger partial charge in [0.05, 0.1) is 18.7 Å². The van der Waals surface area contributed by atoms with Gasteiger partial charge in [0.25, 0.3) is 5.91 Å². The first-order valence-corrected chi connectivity index (χ1v) is 11.5. The third-order valence-electron chi connectivity index (χ3n) is 4.04. The Morgan fingerprint density at radius 2 is 1.75 bits per heavy atom. The van der Waals surface area contributed by atoms with Crippen molar-refractivity contribution in [1.29, 1.82) is 0 Å². The average molecular weight is 572 g/mol. The van der Waals surface area contributed by atoms with Crippen LogP contribution in [0.1, 0.15) is 25.1 Å². The van der Waals surface area contributed by atoms with Crippen molar-refractivity contribution in [3.8, 4) is 5.75 Å². The molecule has 0 spiro atoms. The number of ether oxygens (including phenoxy) is 3. The van der Waals surface area contributed by atoms with Crippen LogP contribution < -0.4 is 10.1 Å². The number of hydrogen-bond acceptors (Lipinski definition) is 7. The summed E-state index contributed by atoms with van der Waals surface area (Å²) in [6.07, 6.45) is 0.541. The second-order valence-corrected chi connectivity index (χ2v) is 8.58. The van der Waals surface area contributed by atoms with E-state index in [2.05, 4.69) is 42.2 Å². The summed E-state index contributed by atoms with van der Waals surface area (Å²) in [6.45, 7) is 3.39. The van der Waals surface area contributed by atoms with Gasteiger partial charge in [-0.1, -0.05) is 28.1 Å². The maximum Gasteiger partial charge on any atom is 0.344 e. The molecule has 32 heavy (non-hydrogen) atoms. The first-order chi connectivity index (χ1) is 15.2. The van der Waals surface area contributed by atoms with Crippen LogP contribution in [0.5, 0.6) is 5.75 Å². The summed E-state index contributed by atoms with van der Waals surface area (Å²) in [4.78, 5) is 39.6. The van der Waals surface area contributed by atoms with Gasteiger partial charge in [0.1, 0.15) is 10.4 Å². The molecule has 2 rings (SSSR count). The maximum atomic E-state index is 12.1. The van der Waals surface area contributed by atoms with Crippen LogP contribution >= 0.6 is 31.9 Å². The number of esters is 2. The van der Waals surface area contributed by atoms with Crippen LogP contribution in [0.3, 0.4) is 0 Å². The summed E-state index contributed by atoms with van der Waals surface area (Å²) in [6, 6.07) is 10.5. The minimum absolute atomic E-state index is 0.0363. The van der Waals surface area contributed by atoms with Gasteiger partial charge < -0.3 is 19.5 Å². The Kier molecular flexibility index (Phi) is 10.6. The highest BCUT2D eigenvalue weighted by molar-refractivity contribution is 9.11. The summed E-state index contributed by atoms with van der Waals surface area (Å²) < 4.78 is 16.6. The lowest BCUT2D eigenvalue weighted by Crippen LogP contribution is -2.37. The molecule has 0 aliphatic heterocycles. The van der Waals surface area contributed by atoms with E-state index in [-0.39, 0.29) is 31.6 Å². The lowest BCUT2D eigenvalue weighted by Gasteiger charge is -2.14. The Morgan fingerprint density at radius 3 is 2.41 bits per heavy atom. The van der Waals surface area contributed by atoms with Gasteiger partial charge in [-0.05, 0) is 66.0 Å². The summed E-state index contributed by atoms with van der Waals surface area (Å²) in [7, 11) is 0. The third-order valence-corrected chi connectivity index (χ3v) is 4.90. The molecule has 1 atom stereocenters. The Balaban J connectivity index is 1.71. The van der Waals surface area contributed by atoms with Gasteiger partial charge in [-0.2, -0.15) is 0 Å². The fourth-order valence-electron chi connectivity index (χ4n) is 2.74.